The molecular formula is C18H21F3N4O4. The van der Waals surface area contributed by atoms with E-state index in [1.807, 2.05) is 30.3 Å². The Hall–Kier alpha value is -2.92. The summed E-state index contributed by atoms with van der Waals surface area (Å²) in [4.78, 5) is 19.4. The summed E-state index contributed by atoms with van der Waals surface area (Å²) in [5.74, 6) is -0.236. The number of nitrogens with two attached hydrogens (primary N) is 1. The molecular weight excluding hydrogens is 393 g/mol. The Labute approximate surface area is 164 Å². The molecule has 1 aromatic carbocycles. The van der Waals surface area contributed by atoms with E-state index in [0.717, 1.165) is 11.8 Å². The van der Waals surface area contributed by atoms with E-state index in [1.165, 1.54) is 4.90 Å². The number of aliphatic hydroxyl groups excluding tert-OH is 2. The van der Waals surface area contributed by atoms with Crippen molar-refractivity contribution in [1.29, 1.82) is 0 Å². The van der Waals surface area contributed by atoms with Crippen molar-refractivity contribution >= 4 is 11.9 Å². The van der Waals surface area contributed by atoms with Gasteiger partial charge in [0.05, 0.1) is 31.1 Å². The maximum atomic E-state index is 11.8. The molecule has 1 fully saturated rings. The predicted molar refractivity (Wildman–Crippen MR) is 96.3 cm³/mol. The first-order chi connectivity index (χ1) is 13.7. The lowest BCUT2D eigenvalue weighted by atomic mass is 10.1. The maximum Gasteiger partial charge on any atom is 0.434 e. The topological polar surface area (TPSA) is 122 Å². The number of hydrogen-bond acceptors (Lipinski definition) is 7. The second-order valence-corrected chi connectivity index (χ2v) is 6.24. The zero-order chi connectivity index (χ0) is 21.4. The number of carbonyl (C=O) groups is 1. The lowest BCUT2D eigenvalue weighted by Crippen LogP contribution is -2.49. The highest BCUT2D eigenvalue weighted by molar-refractivity contribution is 5.67. The van der Waals surface area contributed by atoms with Gasteiger partial charge < -0.3 is 25.6 Å². The molecule has 0 spiro atoms. The molecule has 1 aromatic heterocycles. The third-order valence-corrected chi connectivity index (χ3v) is 3.95. The number of alkyl halides is 3. The second-order valence-electron chi connectivity index (χ2n) is 6.24. The van der Waals surface area contributed by atoms with E-state index in [-0.39, 0.29) is 19.0 Å². The van der Waals surface area contributed by atoms with Crippen molar-refractivity contribution in [2.24, 2.45) is 0 Å². The number of ether oxygens (including phenoxy) is 1. The molecule has 2 atom stereocenters. The molecule has 1 saturated heterocycles. The fraction of sp³-hybridized carbons (Fsp3) is 0.389. The zero-order valence-corrected chi connectivity index (χ0v) is 15.3. The molecule has 3 rings (SSSR count). The van der Waals surface area contributed by atoms with Crippen LogP contribution >= 0.6 is 0 Å². The maximum absolute atomic E-state index is 11.8. The van der Waals surface area contributed by atoms with Crippen molar-refractivity contribution in [3.8, 4) is 0 Å². The van der Waals surface area contributed by atoms with Gasteiger partial charge in [-0.1, -0.05) is 30.3 Å². The minimum Gasteiger partial charge on any atom is -0.445 e. The Morgan fingerprint density at radius 3 is 2.45 bits per heavy atom. The van der Waals surface area contributed by atoms with Gasteiger partial charge in [-0.2, -0.15) is 13.2 Å². The Morgan fingerprint density at radius 2 is 1.90 bits per heavy atom. The molecule has 0 saturated carbocycles. The van der Waals surface area contributed by atoms with Crippen LogP contribution in [0.15, 0.2) is 42.7 Å². The lowest BCUT2D eigenvalue weighted by Gasteiger charge is -2.32. The number of carbonyl (C=O) groups excluding carboxylic acids is 1. The normalized spacial score (nSPS) is 19.1. The predicted octanol–water partition coefficient (Wildman–Crippen LogP) is 1.83. The second kappa shape index (κ2) is 10.0. The molecule has 29 heavy (non-hydrogen) atoms. The van der Waals surface area contributed by atoms with Crippen LogP contribution in [0.2, 0.25) is 0 Å². The summed E-state index contributed by atoms with van der Waals surface area (Å²) in [5.41, 5.74) is 4.83. The van der Waals surface area contributed by atoms with Crippen LogP contribution in [-0.4, -0.2) is 56.5 Å². The molecule has 1 aliphatic heterocycles. The lowest BCUT2D eigenvalue weighted by molar-refractivity contribution is -0.141. The van der Waals surface area contributed by atoms with Crippen LogP contribution in [0, 0.1) is 0 Å². The monoisotopic (exact) mass is 414 g/mol. The Morgan fingerprint density at radius 1 is 1.21 bits per heavy atom. The number of β-amino-alcohol motifs (C(OH)–C–C–N with tert-alkyl or cyclic N) is 1. The summed E-state index contributed by atoms with van der Waals surface area (Å²) in [5, 5.41) is 18.8. The van der Waals surface area contributed by atoms with Crippen molar-refractivity contribution in [2.45, 2.75) is 31.4 Å². The van der Waals surface area contributed by atoms with Crippen LogP contribution < -0.4 is 5.73 Å². The average Bonchev–Trinajstić information content (AvgIpc) is 2.69. The zero-order valence-electron chi connectivity index (χ0n) is 15.3. The largest absolute Gasteiger partial charge is 0.445 e. The third-order valence-electron chi connectivity index (χ3n) is 3.95. The molecule has 2 heterocycles. The fourth-order valence-corrected chi connectivity index (χ4v) is 2.41. The van der Waals surface area contributed by atoms with Crippen molar-refractivity contribution in [1.82, 2.24) is 14.9 Å². The number of benzene rings is 1. The smallest absolute Gasteiger partial charge is 0.434 e. The van der Waals surface area contributed by atoms with Gasteiger partial charge in [0.1, 0.15) is 12.4 Å². The molecule has 11 heteroatoms. The number of aliphatic hydroxyl groups is 2. The SMILES string of the molecule is Nc1cncc(C(F)(F)F)n1.O=C(OCc1ccccc1)N1CCC(O)C(O)C1. The number of aromatic nitrogens is 2. The number of hydrogen-bond donors (Lipinski definition) is 3. The van der Waals surface area contributed by atoms with Gasteiger partial charge >= 0.3 is 12.3 Å². The molecule has 1 amide bonds. The van der Waals surface area contributed by atoms with E-state index in [2.05, 4.69) is 9.97 Å². The van der Waals surface area contributed by atoms with Gasteiger partial charge in [0.15, 0.2) is 5.69 Å². The summed E-state index contributed by atoms with van der Waals surface area (Å²) in [7, 11) is 0. The molecule has 1 aliphatic rings. The summed E-state index contributed by atoms with van der Waals surface area (Å²) in [6, 6.07) is 9.41. The van der Waals surface area contributed by atoms with E-state index >= 15 is 0 Å². The van der Waals surface area contributed by atoms with Gasteiger partial charge in [0.2, 0.25) is 0 Å². The number of likely N-dealkylation sites (tertiary alicyclic amines) is 1. The summed E-state index contributed by atoms with van der Waals surface area (Å²) < 4.78 is 40.6. The summed E-state index contributed by atoms with van der Waals surface area (Å²) in [6.07, 6.45) is -4.51. The van der Waals surface area contributed by atoms with Crippen LogP contribution in [0.5, 0.6) is 0 Å². The first kappa shape index (κ1) is 22.4. The number of amides is 1. The minimum absolute atomic E-state index is 0.120. The van der Waals surface area contributed by atoms with Crippen LogP contribution in [-0.2, 0) is 17.5 Å². The number of anilines is 1. The highest BCUT2D eigenvalue weighted by Gasteiger charge is 2.33. The molecule has 4 N–H and O–H groups in total. The van der Waals surface area contributed by atoms with Crippen molar-refractivity contribution in [3.05, 3.63) is 54.0 Å². The number of piperidine rings is 1. The van der Waals surface area contributed by atoms with Crippen molar-refractivity contribution in [3.63, 3.8) is 0 Å². The third kappa shape index (κ3) is 7.20. The van der Waals surface area contributed by atoms with Gasteiger partial charge in [-0.15, -0.1) is 0 Å². The summed E-state index contributed by atoms with van der Waals surface area (Å²) >= 11 is 0. The van der Waals surface area contributed by atoms with Crippen LogP contribution in [0.4, 0.5) is 23.8 Å². The molecule has 8 nitrogen and oxygen atoms in total. The van der Waals surface area contributed by atoms with Crippen LogP contribution in [0.3, 0.4) is 0 Å². The summed E-state index contributed by atoms with van der Waals surface area (Å²) in [6.45, 7) is 0.745. The fourth-order valence-electron chi connectivity index (χ4n) is 2.41. The van der Waals surface area contributed by atoms with Crippen molar-refractivity contribution < 1.29 is 32.9 Å². The van der Waals surface area contributed by atoms with Gasteiger partial charge in [-0.25, -0.2) is 9.78 Å². The van der Waals surface area contributed by atoms with E-state index in [4.69, 9.17) is 10.5 Å². The highest BCUT2D eigenvalue weighted by atomic mass is 19.4. The first-order valence-corrected chi connectivity index (χ1v) is 8.63. The number of rotatable bonds is 2. The Balaban J connectivity index is 0.000000234. The molecule has 2 unspecified atom stereocenters. The van der Waals surface area contributed by atoms with E-state index < -0.39 is 30.2 Å². The molecule has 0 bridgehead atoms. The van der Waals surface area contributed by atoms with E-state index in [0.29, 0.717) is 19.2 Å². The average molecular weight is 414 g/mol. The number of nitrogens with zero attached hydrogens (tertiary/aromatic N) is 3. The van der Waals surface area contributed by atoms with Crippen molar-refractivity contribution in [2.75, 3.05) is 18.8 Å². The van der Waals surface area contributed by atoms with Crippen LogP contribution in [0.1, 0.15) is 17.7 Å². The first-order valence-electron chi connectivity index (χ1n) is 8.63. The van der Waals surface area contributed by atoms with Gasteiger partial charge in [0, 0.05) is 6.54 Å². The van der Waals surface area contributed by atoms with E-state index in [9.17, 15) is 28.2 Å². The Bertz CT molecular complexity index is 792. The molecule has 2 aromatic rings. The van der Waals surface area contributed by atoms with Gasteiger partial charge in [0.25, 0.3) is 0 Å². The van der Waals surface area contributed by atoms with E-state index in [1.54, 1.807) is 0 Å². The molecule has 158 valence electrons. The molecule has 0 radical (unpaired) electrons. The number of nitrogen functional groups attached to an aromatic ring is 1. The number of halogens is 3. The van der Waals surface area contributed by atoms with Gasteiger partial charge in [-0.3, -0.25) is 4.98 Å². The highest BCUT2D eigenvalue weighted by Crippen LogP contribution is 2.26. The quantitative estimate of drug-likeness (QED) is 0.685. The molecule has 0 aliphatic carbocycles. The Kier molecular flexibility index (Phi) is 7.74. The minimum atomic E-state index is -4.47. The standard InChI is InChI=1S/C13H17NO4.C5H4F3N3/c15-11-6-7-14(8-12(11)16)13(17)18-9-10-4-2-1-3-5-10;6-5(7,8)3-1-10-2-4(9)11-3/h1-5,11-12,15-16H,6-9H2;1-2H,(H2,9,11). The van der Waals surface area contributed by atoms with Gasteiger partial charge in [-0.05, 0) is 12.0 Å². The van der Waals surface area contributed by atoms with Crippen LogP contribution in [0.25, 0.3) is 0 Å².